The van der Waals surface area contributed by atoms with Crippen LogP contribution in [0.2, 0.25) is 0 Å². The Balaban J connectivity index is 2.00. The van der Waals surface area contributed by atoms with Gasteiger partial charge in [0.15, 0.2) is 0 Å². The first-order valence-electron chi connectivity index (χ1n) is 5.40. The average molecular weight is 301 g/mol. The number of hydrogen-bond donors (Lipinski definition) is 0. The predicted molar refractivity (Wildman–Crippen MR) is 73.9 cm³/mol. The normalized spacial score (nSPS) is 11.4. The van der Waals surface area contributed by atoms with Crippen LogP contribution in [0.5, 0.6) is 0 Å². The quantitative estimate of drug-likeness (QED) is 0.730. The SMILES string of the molecule is Brc1ccc2ncc(C=Cc3ccncn3)n2c1. The van der Waals surface area contributed by atoms with Crippen molar-refractivity contribution in [3.05, 3.63) is 59.0 Å². The van der Waals surface area contributed by atoms with Gasteiger partial charge in [-0.05, 0) is 46.3 Å². The summed E-state index contributed by atoms with van der Waals surface area (Å²) in [6.45, 7) is 0. The van der Waals surface area contributed by atoms with Crippen molar-refractivity contribution in [1.29, 1.82) is 0 Å². The van der Waals surface area contributed by atoms with E-state index in [4.69, 9.17) is 0 Å². The third kappa shape index (κ3) is 2.17. The number of fused-ring (bicyclic) bond motifs is 1. The van der Waals surface area contributed by atoms with Crippen molar-refractivity contribution >= 4 is 33.7 Å². The van der Waals surface area contributed by atoms with Crippen molar-refractivity contribution in [2.45, 2.75) is 0 Å². The minimum atomic E-state index is 0.870. The van der Waals surface area contributed by atoms with Crippen molar-refractivity contribution in [1.82, 2.24) is 19.4 Å². The van der Waals surface area contributed by atoms with Crippen LogP contribution in [-0.4, -0.2) is 19.4 Å². The summed E-state index contributed by atoms with van der Waals surface area (Å²) in [6.07, 6.45) is 11.0. The molecule has 3 aromatic rings. The molecular weight excluding hydrogens is 292 g/mol. The number of imidazole rings is 1. The number of hydrogen-bond acceptors (Lipinski definition) is 3. The van der Waals surface area contributed by atoms with Gasteiger partial charge in [0.2, 0.25) is 0 Å². The molecule has 5 heteroatoms. The van der Waals surface area contributed by atoms with E-state index in [-0.39, 0.29) is 0 Å². The highest BCUT2D eigenvalue weighted by Crippen LogP contribution is 2.15. The Morgan fingerprint density at radius 1 is 1.11 bits per heavy atom. The standard InChI is InChI=1S/C13H9BrN4/c14-10-1-4-13-16-7-12(18(13)8-10)3-2-11-5-6-15-9-17-11/h1-9H. The molecule has 0 N–H and O–H groups in total. The first-order chi connectivity index (χ1) is 8.83. The van der Waals surface area contributed by atoms with Gasteiger partial charge < -0.3 is 0 Å². The van der Waals surface area contributed by atoms with E-state index in [2.05, 4.69) is 30.9 Å². The summed E-state index contributed by atoms with van der Waals surface area (Å²) in [5.74, 6) is 0. The molecule has 0 atom stereocenters. The Morgan fingerprint density at radius 3 is 2.89 bits per heavy atom. The average Bonchev–Trinajstić information content (AvgIpc) is 2.80. The van der Waals surface area contributed by atoms with Gasteiger partial charge in [-0.15, -0.1) is 0 Å². The van der Waals surface area contributed by atoms with E-state index < -0.39 is 0 Å². The molecule has 18 heavy (non-hydrogen) atoms. The summed E-state index contributed by atoms with van der Waals surface area (Å²) in [5.41, 5.74) is 2.79. The van der Waals surface area contributed by atoms with Crippen molar-refractivity contribution in [2.24, 2.45) is 0 Å². The molecule has 88 valence electrons. The molecule has 3 rings (SSSR count). The van der Waals surface area contributed by atoms with Crippen LogP contribution in [0, 0.1) is 0 Å². The second-order valence-electron chi connectivity index (χ2n) is 3.73. The van der Waals surface area contributed by atoms with Gasteiger partial charge in [-0.25, -0.2) is 15.0 Å². The molecule has 3 heterocycles. The zero-order valence-corrected chi connectivity index (χ0v) is 10.9. The maximum atomic E-state index is 4.33. The van der Waals surface area contributed by atoms with Gasteiger partial charge in [0.1, 0.15) is 12.0 Å². The highest BCUT2D eigenvalue weighted by molar-refractivity contribution is 9.10. The number of rotatable bonds is 2. The van der Waals surface area contributed by atoms with Gasteiger partial charge in [0.05, 0.1) is 17.6 Å². The molecule has 0 aliphatic heterocycles. The topological polar surface area (TPSA) is 43.1 Å². The second kappa shape index (κ2) is 4.70. The molecule has 0 spiro atoms. The highest BCUT2D eigenvalue weighted by atomic mass is 79.9. The Hall–Kier alpha value is -2.01. The summed E-state index contributed by atoms with van der Waals surface area (Å²) in [5, 5.41) is 0. The summed E-state index contributed by atoms with van der Waals surface area (Å²) in [7, 11) is 0. The lowest BCUT2D eigenvalue weighted by Crippen LogP contribution is -1.86. The molecule has 0 bridgehead atoms. The van der Waals surface area contributed by atoms with Crippen LogP contribution < -0.4 is 0 Å². The first kappa shape index (κ1) is 11.1. The van der Waals surface area contributed by atoms with Gasteiger partial charge in [0, 0.05) is 16.9 Å². The lowest BCUT2D eigenvalue weighted by atomic mass is 10.3. The van der Waals surface area contributed by atoms with E-state index in [1.807, 2.05) is 47.1 Å². The van der Waals surface area contributed by atoms with E-state index >= 15 is 0 Å². The molecule has 0 saturated carbocycles. The fourth-order valence-electron chi connectivity index (χ4n) is 1.67. The Morgan fingerprint density at radius 2 is 2.06 bits per heavy atom. The molecule has 0 fully saturated rings. The Kier molecular flexibility index (Phi) is 2.90. The zero-order valence-electron chi connectivity index (χ0n) is 9.36. The van der Waals surface area contributed by atoms with E-state index in [0.717, 1.165) is 21.5 Å². The molecule has 3 aromatic heterocycles. The van der Waals surface area contributed by atoms with Gasteiger partial charge in [-0.3, -0.25) is 4.40 Å². The van der Waals surface area contributed by atoms with Crippen LogP contribution in [0.3, 0.4) is 0 Å². The fraction of sp³-hybridized carbons (Fsp3) is 0. The number of halogens is 1. The van der Waals surface area contributed by atoms with Crippen LogP contribution in [0.25, 0.3) is 17.8 Å². The van der Waals surface area contributed by atoms with Crippen molar-refractivity contribution in [2.75, 3.05) is 0 Å². The molecule has 0 aliphatic rings. The highest BCUT2D eigenvalue weighted by Gasteiger charge is 2.00. The monoisotopic (exact) mass is 300 g/mol. The maximum absolute atomic E-state index is 4.33. The summed E-state index contributed by atoms with van der Waals surface area (Å²) in [6, 6.07) is 5.79. The van der Waals surface area contributed by atoms with Crippen molar-refractivity contribution in [3.8, 4) is 0 Å². The Bertz CT molecular complexity index is 703. The molecule has 4 nitrogen and oxygen atoms in total. The lowest BCUT2D eigenvalue weighted by molar-refractivity contribution is 1.15. The smallest absolute Gasteiger partial charge is 0.137 e. The minimum Gasteiger partial charge on any atom is -0.299 e. The van der Waals surface area contributed by atoms with Crippen LogP contribution in [-0.2, 0) is 0 Å². The van der Waals surface area contributed by atoms with Crippen LogP contribution in [0.4, 0.5) is 0 Å². The predicted octanol–water partition coefficient (Wildman–Crippen LogP) is 3.06. The van der Waals surface area contributed by atoms with Crippen molar-refractivity contribution < 1.29 is 0 Å². The molecule has 0 radical (unpaired) electrons. The minimum absolute atomic E-state index is 0.870. The first-order valence-corrected chi connectivity index (χ1v) is 6.19. The number of nitrogens with zero attached hydrogens (tertiary/aromatic N) is 4. The zero-order chi connectivity index (χ0) is 12.4. The third-order valence-electron chi connectivity index (χ3n) is 2.53. The molecule has 0 unspecified atom stereocenters. The van der Waals surface area contributed by atoms with Crippen molar-refractivity contribution in [3.63, 3.8) is 0 Å². The van der Waals surface area contributed by atoms with Gasteiger partial charge >= 0.3 is 0 Å². The van der Waals surface area contributed by atoms with Crippen LogP contribution >= 0.6 is 15.9 Å². The fourth-order valence-corrected chi connectivity index (χ4v) is 2.00. The molecular formula is C13H9BrN4. The van der Waals surface area contributed by atoms with Crippen LogP contribution in [0.15, 0.2) is 47.6 Å². The van der Waals surface area contributed by atoms with Gasteiger partial charge in [0.25, 0.3) is 0 Å². The number of aromatic nitrogens is 4. The third-order valence-corrected chi connectivity index (χ3v) is 3.00. The maximum Gasteiger partial charge on any atom is 0.137 e. The lowest BCUT2D eigenvalue weighted by Gasteiger charge is -1.97. The van der Waals surface area contributed by atoms with E-state index in [1.165, 1.54) is 6.33 Å². The van der Waals surface area contributed by atoms with Gasteiger partial charge in [-0.2, -0.15) is 0 Å². The summed E-state index contributed by atoms with van der Waals surface area (Å²) >= 11 is 3.45. The molecule has 0 amide bonds. The van der Waals surface area contributed by atoms with E-state index in [1.54, 1.807) is 6.20 Å². The molecule has 0 saturated heterocycles. The number of pyridine rings is 1. The Labute approximate surface area is 112 Å². The molecule has 0 aromatic carbocycles. The van der Waals surface area contributed by atoms with E-state index in [9.17, 15) is 0 Å². The van der Waals surface area contributed by atoms with Crippen LogP contribution in [0.1, 0.15) is 11.4 Å². The summed E-state index contributed by atoms with van der Waals surface area (Å²) < 4.78 is 3.03. The largest absolute Gasteiger partial charge is 0.299 e. The van der Waals surface area contributed by atoms with Gasteiger partial charge in [-0.1, -0.05) is 0 Å². The second-order valence-corrected chi connectivity index (χ2v) is 4.64. The molecule has 0 aliphatic carbocycles. The summed E-state index contributed by atoms with van der Waals surface area (Å²) in [4.78, 5) is 12.4. The van der Waals surface area contributed by atoms with E-state index in [0.29, 0.717) is 0 Å².